The van der Waals surface area contributed by atoms with Crippen LogP contribution >= 0.6 is 0 Å². The first-order valence-electron chi connectivity index (χ1n) is 6.32. The summed E-state index contributed by atoms with van der Waals surface area (Å²) in [6.07, 6.45) is 0. The average molecular weight is 258 g/mol. The van der Waals surface area contributed by atoms with E-state index in [2.05, 4.69) is 25.0 Å². The third-order valence-corrected chi connectivity index (χ3v) is 3.29. The van der Waals surface area contributed by atoms with Crippen molar-refractivity contribution in [3.63, 3.8) is 0 Å². The maximum absolute atomic E-state index is 11.3. The molecule has 4 nitrogen and oxygen atoms in total. The van der Waals surface area contributed by atoms with Crippen molar-refractivity contribution in [2.45, 2.75) is 33.6 Å². The normalized spacial score (nSPS) is 11.0. The topological polar surface area (TPSA) is 55.1 Å². The molecule has 0 saturated heterocycles. The summed E-state index contributed by atoms with van der Waals surface area (Å²) in [5.74, 6) is -0.573. The summed E-state index contributed by atoms with van der Waals surface area (Å²) in [5.41, 5.74) is 3.61. The lowest BCUT2D eigenvalue weighted by molar-refractivity contribution is 0.0695. The highest BCUT2D eigenvalue weighted by molar-refractivity contribution is 5.90. The van der Waals surface area contributed by atoms with Crippen LogP contribution in [0.4, 0.5) is 0 Å². The molecular formula is C15H18N2O2. The molecule has 2 aromatic rings. The molecule has 0 fully saturated rings. The number of aryl methyl sites for hydroxylation is 1. The van der Waals surface area contributed by atoms with Gasteiger partial charge in [0.1, 0.15) is 5.56 Å². The van der Waals surface area contributed by atoms with Gasteiger partial charge in [-0.05, 0) is 31.4 Å². The Kier molecular flexibility index (Phi) is 3.42. The molecule has 0 radical (unpaired) electrons. The van der Waals surface area contributed by atoms with Gasteiger partial charge in [0, 0.05) is 0 Å². The second kappa shape index (κ2) is 4.88. The molecule has 100 valence electrons. The van der Waals surface area contributed by atoms with Crippen LogP contribution in [0.2, 0.25) is 0 Å². The molecule has 0 bridgehead atoms. The van der Waals surface area contributed by atoms with E-state index in [-0.39, 0.29) is 0 Å². The van der Waals surface area contributed by atoms with Crippen LogP contribution in [0.5, 0.6) is 0 Å². The number of para-hydroxylation sites is 1. The molecule has 0 amide bonds. The Hall–Kier alpha value is -2.10. The maximum atomic E-state index is 11.3. The second-order valence-electron chi connectivity index (χ2n) is 4.98. The Labute approximate surface area is 112 Å². The highest BCUT2D eigenvalue weighted by atomic mass is 16.4. The molecule has 1 aromatic heterocycles. The Morgan fingerprint density at radius 3 is 2.42 bits per heavy atom. The summed E-state index contributed by atoms with van der Waals surface area (Å²) in [7, 11) is 0. The minimum absolute atomic E-state index is 0.290. The zero-order valence-electron chi connectivity index (χ0n) is 11.6. The average Bonchev–Trinajstić information content (AvgIpc) is 2.64. The third-order valence-electron chi connectivity index (χ3n) is 3.29. The minimum atomic E-state index is -0.928. The quantitative estimate of drug-likeness (QED) is 0.918. The fraction of sp³-hybridized carbons (Fsp3) is 0.333. The summed E-state index contributed by atoms with van der Waals surface area (Å²) in [6, 6.07) is 7.96. The van der Waals surface area contributed by atoms with E-state index >= 15 is 0 Å². The summed E-state index contributed by atoms with van der Waals surface area (Å²) >= 11 is 0. The molecule has 2 rings (SSSR count). The van der Waals surface area contributed by atoms with E-state index in [1.54, 1.807) is 18.5 Å². The summed E-state index contributed by atoms with van der Waals surface area (Å²) in [5, 5.41) is 13.6. The lowest BCUT2D eigenvalue weighted by Gasteiger charge is -2.13. The molecule has 0 atom stereocenters. The molecular weight excluding hydrogens is 240 g/mol. The maximum Gasteiger partial charge on any atom is 0.339 e. The number of carbonyl (C=O) groups is 1. The molecule has 1 heterocycles. The van der Waals surface area contributed by atoms with E-state index < -0.39 is 5.97 Å². The zero-order valence-corrected chi connectivity index (χ0v) is 11.6. The van der Waals surface area contributed by atoms with Gasteiger partial charge in [0.25, 0.3) is 0 Å². The zero-order chi connectivity index (χ0) is 14.2. The number of rotatable bonds is 3. The van der Waals surface area contributed by atoms with Gasteiger partial charge in [-0.3, -0.25) is 0 Å². The van der Waals surface area contributed by atoms with Crippen LogP contribution in [-0.2, 0) is 0 Å². The van der Waals surface area contributed by atoms with Gasteiger partial charge in [-0.1, -0.05) is 32.0 Å². The van der Waals surface area contributed by atoms with Crippen LogP contribution in [0.3, 0.4) is 0 Å². The minimum Gasteiger partial charge on any atom is -0.478 e. The monoisotopic (exact) mass is 258 g/mol. The molecule has 1 N–H and O–H groups in total. The SMILES string of the molecule is Cc1nn(-c2ccccc2C(C)C)c(C)c1C(=O)O. The van der Waals surface area contributed by atoms with Crippen molar-refractivity contribution in [3.8, 4) is 5.69 Å². The number of hydrogen-bond acceptors (Lipinski definition) is 2. The van der Waals surface area contributed by atoms with Crippen LogP contribution in [0.25, 0.3) is 5.69 Å². The van der Waals surface area contributed by atoms with Crippen molar-refractivity contribution < 1.29 is 9.90 Å². The molecule has 0 aliphatic rings. The third kappa shape index (κ3) is 2.26. The van der Waals surface area contributed by atoms with E-state index in [4.69, 9.17) is 0 Å². The van der Waals surface area contributed by atoms with Crippen LogP contribution in [0, 0.1) is 13.8 Å². The van der Waals surface area contributed by atoms with E-state index in [1.807, 2.05) is 18.2 Å². The van der Waals surface area contributed by atoms with Gasteiger partial charge in [0.15, 0.2) is 0 Å². The van der Waals surface area contributed by atoms with Crippen molar-refractivity contribution in [1.82, 2.24) is 9.78 Å². The number of carboxylic acids is 1. The van der Waals surface area contributed by atoms with Crippen molar-refractivity contribution >= 4 is 5.97 Å². The highest BCUT2D eigenvalue weighted by Crippen LogP contribution is 2.25. The van der Waals surface area contributed by atoms with Crippen molar-refractivity contribution in [2.24, 2.45) is 0 Å². The Balaban J connectivity index is 2.67. The molecule has 19 heavy (non-hydrogen) atoms. The summed E-state index contributed by atoms with van der Waals surface area (Å²) in [6.45, 7) is 7.75. The fourth-order valence-corrected chi connectivity index (χ4v) is 2.36. The Morgan fingerprint density at radius 2 is 1.89 bits per heavy atom. The first kappa shape index (κ1) is 13.3. The standard InChI is InChI=1S/C15H18N2O2/c1-9(2)12-7-5-6-8-13(12)17-11(4)14(15(18)19)10(3)16-17/h5-9H,1-4H3,(H,18,19). The first-order chi connectivity index (χ1) is 8.93. The van der Waals surface area contributed by atoms with Gasteiger partial charge in [0.2, 0.25) is 0 Å². The van der Waals surface area contributed by atoms with Crippen molar-refractivity contribution in [1.29, 1.82) is 0 Å². The molecule has 4 heteroatoms. The first-order valence-corrected chi connectivity index (χ1v) is 6.32. The number of nitrogens with zero attached hydrogens (tertiary/aromatic N) is 2. The van der Waals surface area contributed by atoms with Gasteiger partial charge in [-0.25, -0.2) is 9.48 Å². The lowest BCUT2D eigenvalue weighted by Crippen LogP contribution is -2.06. The van der Waals surface area contributed by atoms with E-state index in [0.717, 1.165) is 11.3 Å². The highest BCUT2D eigenvalue weighted by Gasteiger charge is 2.20. The number of carboxylic acid groups (broad SMARTS) is 1. The van der Waals surface area contributed by atoms with Gasteiger partial charge >= 0.3 is 5.97 Å². The van der Waals surface area contributed by atoms with Crippen LogP contribution in [0.1, 0.15) is 47.1 Å². The van der Waals surface area contributed by atoms with E-state index in [0.29, 0.717) is 22.9 Å². The van der Waals surface area contributed by atoms with Gasteiger partial charge < -0.3 is 5.11 Å². The van der Waals surface area contributed by atoms with Crippen molar-refractivity contribution in [2.75, 3.05) is 0 Å². The van der Waals surface area contributed by atoms with Crippen LogP contribution < -0.4 is 0 Å². The molecule has 0 aliphatic heterocycles. The molecule has 1 aromatic carbocycles. The second-order valence-corrected chi connectivity index (χ2v) is 4.98. The number of aromatic nitrogens is 2. The number of hydrogen-bond donors (Lipinski definition) is 1. The van der Waals surface area contributed by atoms with Crippen molar-refractivity contribution in [3.05, 3.63) is 46.8 Å². The summed E-state index contributed by atoms with van der Waals surface area (Å²) in [4.78, 5) is 11.3. The molecule has 0 spiro atoms. The lowest BCUT2D eigenvalue weighted by atomic mass is 10.0. The van der Waals surface area contributed by atoms with Gasteiger partial charge in [-0.15, -0.1) is 0 Å². The van der Waals surface area contributed by atoms with Crippen LogP contribution in [0.15, 0.2) is 24.3 Å². The molecule has 0 saturated carbocycles. The Bertz CT molecular complexity index is 627. The number of benzene rings is 1. The Morgan fingerprint density at radius 1 is 1.26 bits per heavy atom. The van der Waals surface area contributed by atoms with E-state index in [9.17, 15) is 9.90 Å². The molecule has 0 aliphatic carbocycles. The van der Waals surface area contributed by atoms with Gasteiger partial charge in [0.05, 0.1) is 17.1 Å². The predicted octanol–water partition coefficient (Wildman–Crippen LogP) is 3.31. The van der Waals surface area contributed by atoms with Crippen LogP contribution in [-0.4, -0.2) is 20.9 Å². The molecule has 0 unspecified atom stereocenters. The smallest absolute Gasteiger partial charge is 0.339 e. The summed E-state index contributed by atoms with van der Waals surface area (Å²) < 4.78 is 1.73. The fourth-order valence-electron chi connectivity index (χ4n) is 2.36. The van der Waals surface area contributed by atoms with Gasteiger partial charge in [-0.2, -0.15) is 5.10 Å². The largest absolute Gasteiger partial charge is 0.478 e. The predicted molar refractivity (Wildman–Crippen MR) is 74.1 cm³/mol. The van der Waals surface area contributed by atoms with E-state index in [1.165, 1.54) is 0 Å². The number of aromatic carboxylic acids is 1.